The lowest BCUT2D eigenvalue weighted by Crippen LogP contribution is -2.35. The van der Waals surface area contributed by atoms with Crippen LogP contribution >= 0.6 is 0 Å². The highest BCUT2D eigenvalue weighted by Gasteiger charge is 2.40. The van der Waals surface area contributed by atoms with E-state index in [0.717, 1.165) is 37.3 Å². The van der Waals surface area contributed by atoms with E-state index in [0.29, 0.717) is 12.0 Å². The number of nitro benzene ring substituents is 1. The van der Waals surface area contributed by atoms with Crippen LogP contribution in [0.5, 0.6) is 0 Å². The Balaban J connectivity index is 2.03. The maximum absolute atomic E-state index is 11.2. The van der Waals surface area contributed by atoms with Crippen LogP contribution in [0.3, 0.4) is 0 Å². The van der Waals surface area contributed by atoms with E-state index < -0.39 is 0 Å². The molecule has 0 bridgehead atoms. The van der Waals surface area contributed by atoms with Crippen molar-refractivity contribution in [2.24, 2.45) is 5.92 Å². The summed E-state index contributed by atoms with van der Waals surface area (Å²) in [7, 11) is 0. The van der Waals surface area contributed by atoms with Gasteiger partial charge in [0.25, 0.3) is 5.69 Å². The molecular weight excluding hydrogens is 230 g/mol. The van der Waals surface area contributed by atoms with Crippen molar-refractivity contribution in [3.8, 4) is 0 Å². The second kappa shape index (κ2) is 4.24. The smallest absolute Gasteiger partial charge is 0.292 e. The van der Waals surface area contributed by atoms with Crippen LogP contribution in [0.4, 0.5) is 11.4 Å². The number of nitrogens with zero attached hydrogens (tertiary/aromatic N) is 2. The van der Waals surface area contributed by atoms with Crippen molar-refractivity contribution in [2.45, 2.75) is 19.4 Å². The molecule has 0 unspecified atom stereocenters. The normalized spacial score (nSPS) is 26.4. The topological polar surface area (TPSA) is 58.4 Å². The largest absolute Gasteiger partial charge is 0.361 e. The third-order valence-corrected chi connectivity index (χ3v) is 4.15. The number of hydrogen-bond acceptors (Lipinski definition) is 4. The second-order valence-electron chi connectivity index (χ2n) is 5.17. The lowest BCUT2D eigenvalue weighted by molar-refractivity contribution is -0.384. The Morgan fingerprint density at radius 2 is 2.28 bits per heavy atom. The first-order valence-corrected chi connectivity index (χ1v) is 6.40. The lowest BCUT2D eigenvalue weighted by Gasteiger charge is -2.26. The molecule has 1 N–H and O–H groups in total. The fraction of sp³-hybridized carbons (Fsp3) is 0.538. The first kappa shape index (κ1) is 11.5. The summed E-state index contributed by atoms with van der Waals surface area (Å²) in [5.74, 6) is 0.643. The fourth-order valence-electron chi connectivity index (χ4n) is 3.29. The Morgan fingerprint density at radius 3 is 3.06 bits per heavy atom. The number of nitrogens with one attached hydrogen (secondary N) is 1. The summed E-state index contributed by atoms with van der Waals surface area (Å²) in [4.78, 5) is 13.2. The van der Waals surface area contributed by atoms with Gasteiger partial charge >= 0.3 is 0 Å². The standard InChI is InChI=1S/C13H17N3O2/c1-9-3-2-4-11(16(17)18)13(9)15-6-5-10-7-14-8-12(10)15/h2-4,10,12,14H,5-8H2,1H3/t10-,12+/m0/s1. The highest BCUT2D eigenvalue weighted by molar-refractivity contribution is 5.69. The van der Waals surface area contributed by atoms with Gasteiger partial charge in [0.2, 0.25) is 0 Å². The number of fused-ring (bicyclic) bond motifs is 1. The van der Waals surface area contributed by atoms with Crippen molar-refractivity contribution >= 4 is 11.4 Å². The molecule has 3 rings (SSSR count). The Labute approximate surface area is 106 Å². The molecule has 0 radical (unpaired) electrons. The predicted molar refractivity (Wildman–Crippen MR) is 69.9 cm³/mol. The SMILES string of the molecule is Cc1cccc([N+](=O)[O-])c1N1CC[C@H]2CNC[C@H]21. The number of anilines is 1. The molecule has 0 amide bonds. The van der Waals surface area contributed by atoms with Crippen molar-refractivity contribution in [1.29, 1.82) is 0 Å². The van der Waals surface area contributed by atoms with Gasteiger partial charge in [-0.05, 0) is 24.8 Å². The van der Waals surface area contributed by atoms with E-state index in [1.807, 2.05) is 13.0 Å². The van der Waals surface area contributed by atoms with Crippen molar-refractivity contribution in [2.75, 3.05) is 24.5 Å². The monoisotopic (exact) mass is 247 g/mol. The average molecular weight is 247 g/mol. The Bertz CT molecular complexity index is 489. The van der Waals surface area contributed by atoms with E-state index in [2.05, 4.69) is 10.2 Å². The molecule has 2 aliphatic rings. The third-order valence-electron chi connectivity index (χ3n) is 4.15. The Kier molecular flexibility index (Phi) is 2.70. The van der Waals surface area contributed by atoms with E-state index in [1.165, 1.54) is 0 Å². The molecule has 0 aliphatic carbocycles. The first-order chi connectivity index (χ1) is 8.68. The minimum atomic E-state index is -0.266. The van der Waals surface area contributed by atoms with Crippen LogP contribution in [-0.4, -0.2) is 30.6 Å². The van der Waals surface area contributed by atoms with Crippen LogP contribution < -0.4 is 10.2 Å². The van der Waals surface area contributed by atoms with E-state index in [4.69, 9.17) is 0 Å². The van der Waals surface area contributed by atoms with Gasteiger partial charge in [-0.25, -0.2) is 0 Å². The molecule has 18 heavy (non-hydrogen) atoms. The van der Waals surface area contributed by atoms with Crippen LogP contribution in [0.25, 0.3) is 0 Å². The van der Waals surface area contributed by atoms with Crippen molar-refractivity contribution in [1.82, 2.24) is 5.32 Å². The minimum absolute atomic E-state index is 0.238. The molecule has 2 atom stereocenters. The molecule has 5 nitrogen and oxygen atoms in total. The Hall–Kier alpha value is -1.62. The molecule has 1 aromatic rings. The van der Waals surface area contributed by atoms with Crippen LogP contribution in [0.15, 0.2) is 18.2 Å². The molecule has 0 saturated carbocycles. The molecule has 1 aromatic carbocycles. The van der Waals surface area contributed by atoms with Crippen molar-refractivity contribution in [3.05, 3.63) is 33.9 Å². The maximum Gasteiger partial charge on any atom is 0.292 e. The van der Waals surface area contributed by atoms with E-state index in [-0.39, 0.29) is 10.6 Å². The number of aryl methyl sites for hydroxylation is 1. The highest BCUT2D eigenvalue weighted by atomic mass is 16.6. The summed E-state index contributed by atoms with van der Waals surface area (Å²) in [5.41, 5.74) is 2.05. The average Bonchev–Trinajstić information content (AvgIpc) is 2.91. The number of benzene rings is 1. The molecule has 96 valence electrons. The predicted octanol–water partition coefficient (Wildman–Crippen LogP) is 1.70. The van der Waals surface area contributed by atoms with Gasteiger partial charge in [-0.15, -0.1) is 0 Å². The van der Waals surface area contributed by atoms with Gasteiger partial charge in [-0.3, -0.25) is 10.1 Å². The van der Waals surface area contributed by atoms with Crippen LogP contribution in [0, 0.1) is 23.0 Å². The number of hydrogen-bond donors (Lipinski definition) is 1. The molecule has 0 aromatic heterocycles. The van der Waals surface area contributed by atoms with E-state index in [1.54, 1.807) is 12.1 Å². The van der Waals surface area contributed by atoms with Gasteiger partial charge in [0.1, 0.15) is 5.69 Å². The van der Waals surface area contributed by atoms with Crippen LogP contribution in [-0.2, 0) is 0 Å². The minimum Gasteiger partial charge on any atom is -0.361 e. The molecule has 2 saturated heterocycles. The zero-order valence-corrected chi connectivity index (χ0v) is 10.4. The first-order valence-electron chi connectivity index (χ1n) is 6.40. The number of para-hydroxylation sites is 1. The quantitative estimate of drug-likeness (QED) is 0.638. The van der Waals surface area contributed by atoms with Gasteiger partial charge in [-0.2, -0.15) is 0 Å². The summed E-state index contributed by atoms with van der Waals surface area (Å²) in [6.45, 7) is 4.87. The van der Waals surface area contributed by atoms with Crippen molar-refractivity contribution in [3.63, 3.8) is 0 Å². The summed E-state index contributed by atoms with van der Waals surface area (Å²) < 4.78 is 0. The zero-order valence-electron chi connectivity index (χ0n) is 10.4. The van der Waals surface area contributed by atoms with Gasteiger partial charge in [-0.1, -0.05) is 12.1 Å². The molecule has 2 aliphatic heterocycles. The third kappa shape index (κ3) is 1.66. The van der Waals surface area contributed by atoms with E-state index in [9.17, 15) is 10.1 Å². The highest BCUT2D eigenvalue weighted by Crippen LogP contribution is 2.39. The molecule has 2 heterocycles. The fourth-order valence-corrected chi connectivity index (χ4v) is 3.29. The zero-order chi connectivity index (χ0) is 12.7. The summed E-state index contributed by atoms with van der Waals surface area (Å²) in [6, 6.07) is 5.75. The number of nitro groups is 1. The summed E-state index contributed by atoms with van der Waals surface area (Å²) >= 11 is 0. The van der Waals surface area contributed by atoms with Gasteiger partial charge in [0.05, 0.1) is 4.92 Å². The molecule has 0 spiro atoms. The second-order valence-corrected chi connectivity index (χ2v) is 5.17. The Morgan fingerprint density at radius 1 is 1.44 bits per heavy atom. The summed E-state index contributed by atoms with van der Waals surface area (Å²) in [6.07, 6.45) is 1.13. The van der Waals surface area contributed by atoms with Crippen molar-refractivity contribution < 1.29 is 4.92 Å². The summed E-state index contributed by atoms with van der Waals surface area (Å²) in [5, 5.41) is 14.6. The van der Waals surface area contributed by atoms with Crippen LogP contribution in [0.2, 0.25) is 0 Å². The molecular formula is C13H17N3O2. The molecule has 5 heteroatoms. The maximum atomic E-state index is 11.2. The van der Waals surface area contributed by atoms with E-state index >= 15 is 0 Å². The van der Waals surface area contributed by atoms with Gasteiger partial charge < -0.3 is 10.2 Å². The lowest BCUT2D eigenvalue weighted by atomic mass is 10.0. The van der Waals surface area contributed by atoms with Crippen LogP contribution in [0.1, 0.15) is 12.0 Å². The molecule has 2 fully saturated rings. The van der Waals surface area contributed by atoms with Gasteiger partial charge in [0.15, 0.2) is 0 Å². The van der Waals surface area contributed by atoms with Gasteiger partial charge in [0, 0.05) is 31.7 Å². The number of rotatable bonds is 2.